The van der Waals surface area contributed by atoms with Crippen molar-refractivity contribution in [2.75, 3.05) is 11.9 Å². The second-order valence-corrected chi connectivity index (χ2v) is 9.57. The Bertz CT molecular complexity index is 1200. The second-order valence-electron chi connectivity index (χ2n) is 6.81. The third kappa shape index (κ3) is 7.35. The summed E-state index contributed by atoms with van der Waals surface area (Å²) in [6.07, 6.45) is 1.56. The average molecular weight is 685 g/mol. The van der Waals surface area contributed by atoms with Gasteiger partial charge in [0.25, 0.3) is 5.91 Å². The van der Waals surface area contributed by atoms with Crippen molar-refractivity contribution in [3.63, 3.8) is 0 Å². The smallest absolute Gasteiger partial charge is 0.266 e. The first kappa shape index (κ1) is 25.3. The van der Waals surface area contributed by atoms with Gasteiger partial charge in [-0.2, -0.15) is 5.26 Å². The molecule has 3 rings (SSSR count). The Morgan fingerprint density at radius 2 is 1.79 bits per heavy atom. The van der Waals surface area contributed by atoms with Gasteiger partial charge in [-0.25, -0.2) is 0 Å². The van der Waals surface area contributed by atoms with Crippen molar-refractivity contribution in [2.24, 2.45) is 0 Å². The molecule has 1 N–H and O–H groups in total. The molecule has 0 saturated heterocycles. The normalized spacial score (nSPS) is 10.9. The monoisotopic (exact) mass is 684 g/mol. The van der Waals surface area contributed by atoms with Crippen LogP contribution in [0.2, 0.25) is 5.02 Å². The van der Waals surface area contributed by atoms with E-state index in [2.05, 4.69) is 50.5 Å². The Kier molecular flexibility index (Phi) is 9.41. The number of carbonyl (C=O) groups excluding carboxylic acids is 1. The maximum absolute atomic E-state index is 12.7. The number of hydrogen-bond acceptors (Lipinski definition) is 4. The zero-order valence-electron chi connectivity index (χ0n) is 17.6. The van der Waals surface area contributed by atoms with Gasteiger partial charge in [0.1, 0.15) is 29.7 Å². The fraction of sp³-hybridized carbons (Fsp3) is 0.120. The summed E-state index contributed by atoms with van der Waals surface area (Å²) in [5.41, 5.74) is 2.30. The number of carbonyl (C=O) groups is 1. The first-order valence-electron chi connectivity index (χ1n) is 9.92. The summed E-state index contributed by atoms with van der Waals surface area (Å²) in [5, 5.41) is 13.0. The van der Waals surface area contributed by atoms with E-state index in [1.807, 2.05) is 49.4 Å². The molecule has 0 aromatic heterocycles. The lowest BCUT2D eigenvalue weighted by molar-refractivity contribution is -0.112. The van der Waals surface area contributed by atoms with Crippen molar-refractivity contribution < 1.29 is 14.3 Å². The van der Waals surface area contributed by atoms with E-state index in [1.54, 1.807) is 30.3 Å². The van der Waals surface area contributed by atoms with Gasteiger partial charge < -0.3 is 14.8 Å². The van der Waals surface area contributed by atoms with Crippen molar-refractivity contribution in [3.8, 4) is 17.6 Å². The van der Waals surface area contributed by atoms with Gasteiger partial charge >= 0.3 is 0 Å². The summed E-state index contributed by atoms with van der Waals surface area (Å²) in [6.45, 7) is 2.82. The van der Waals surface area contributed by atoms with Crippen LogP contribution in [0.4, 0.5) is 5.69 Å². The Hall–Kier alpha value is -2.29. The molecule has 0 fully saturated rings. The first-order valence-corrected chi connectivity index (χ1v) is 12.5. The maximum Gasteiger partial charge on any atom is 0.266 e. The lowest BCUT2D eigenvalue weighted by Gasteiger charge is -2.12. The highest BCUT2D eigenvalue weighted by atomic mass is 127. The van der Waals surface area contributed by atoms with Gasteiger partial charge in [-0.3, -0.25) is 4.79 Å². The highest BCUT2D eigenvalue weighted by Crippen LogP contribution is 2.31. The molecule has 0 heterocycles. The van der Waals surface area contributed by atoms with E-state index in [4.69, 9.17) is 21.1 Å². The van der Waals surface area contributed by atoms with Gasteiger partial charge in [0.2, 0.25) is 0 Å². The van der Waals surface area contributed by atoms with E-state index in [0.717, 1.165) is 24.0 Å². The molecule has 0 aliphatic heterocycles. The number of amides is 1. The number of rotatable bonds is 8. The Balaban J connectivity index is 1.75. The third-order valence-electron chi connectivity index (χ3n) is 4.40. The van der Waals surface area contributed by atoms with Gasteiger partial charge in [-0.1, -0.05) is 29.8 Å². The molecular formula is C25H19ClI2N2O3. The fourth-order valence-electron chi connectivity index (χ4n) is 2.88. The molecule has 0 unspecified atom stereocenters. The van der Waals surface area contributed by atoms with Crippen molar-refractivity contribution >= 4 is 74.5 Å². The molecular weight excluding hydrogens is 666 g/mol. The van der Waals surface area contributed by atoms with Crippen molar-refractivity contribution in [3.05, 3.63) is 89.5 Å². The molecule has 0 aliphatic carbocycles. The number of anilines is 1. The van der Waals surface area contributed by atoms with Gasteiger partial charge in [-0.05, 0) is 106 Å². The number of nitrogens with one attached hydrogen (secondary N) is 1. The standard InChI is InChI=1S/C25H19ClI2N2O3/c1-2-32-21-5-3-4-20(13-21)30-25(31)18(14-29)10-17-11-22(27)24(23(28)12-17)33-15-16-6-8-19(26)9-7-16/h3-13H,2,15H2,1H3,(H,30,31)/b18-10-. The van der Waals surface area contributed by atoms with Crippen molar-refractivity contribution in [2.45, 2.75) is 13.5 Å². The van der Waals surface area contributed by atoms with E-state index < -0.39 is 5.91 Å². The molecule has 0 aliphatic rings. The molecule has 0 bridgehead atoms. The van der Waals surface area contributed by atoms with Crippen molar-refractivity contribution in [1.29, 1.82) is 5.26 Å². The van der Waals surface area contributed by atoms with E-state index in [9.17, 15) is 10.1 Å². The highest BCUT2D eigenvalue weighted by Gasteiger charge is 2.13. The van der Waals surface area contributed by atoms with Crippen LogP contribution in [-0.4, -0.2) is 12.5 Å². The van der Waals surface area contributed by atoms with Crippen LogP contribution < -0.4 is 14.8 Å². The minimum atomic E-state index is -0.487. The number of nitriles is 1. The van der Waals surface area contributed by atoms with Gasteiger partial charge in [0.15, 0.2) is 0 Å². The summed E-state index contributed by atoms with van der Waals surface area (Å²) in [6, 6.07) is 20.3. The topological polar surface area (TPSA) is 71.3 Å². The van der Waals surface area contributed by atoms with E-state index in [-0.39, 0.29) is 5.57 Å². The number of benzene rings is 3. The lowest BCUT2D eigenvalue weighted by Crippen LogP contribution is -2.13. The van der Waals surface area contributed by atoms with Gasteiger partial charge in [0.05, 0.1) is 13.7 Å². The molecule has 3 aromatic carbocycles. The average Bonchev–Trinajstić information content (AvgIpc) is 2.78. The Morgan fingerprint density at radius 3 is 2.42 bits per heavy atom. The largest absolute Gasteiger partial charge is 0.494 e. The minimum absolute atomic E-state index is 0.00162. The zero-order chi connectivity index (χ0) is 23.8. The molecule has 0 radical (unpaired) electrons. The van der Waals surface area contributed by atoms with Crippen LogP contribution in [0.25, 0.3) is 6.08 Å². The predicted molar refractivity (Wildman–Crippen MR) is 147 cm³/mol. The minimum Gasteiger partial charge on any atom is -0.494 e. The number of halogens is 3. The maximum atomic E-state index is 12.7. The molecule has 3 aromatic rings. The highest BCUT2D eigenvalue weighted by molar-refractivity contribution is 14.1. The number of ether oxygens (including phenoxy) is 2. The first-order chi connectivity index (χ1) is 15.9. The SMILES string of the molecule is CCOc1cccc(NC(=O)/C(C#N)=C\c2cc(I)c(OCc3ccc(Cl)cc3)c(I)c2)c1. The van der Waals surface area contributed by atoms with Crippen LogP contribution in [0, 0.1) is 18.5 Å². The van der Waals surface area contributed by atoms with Crippen LogP contribution >= 0.6 is 56.8 Å². The summed E-state index contributed by atoms with van der Waals surface area (Å²) in [7, 11) is 0. The molecule has 0 saturated carbocycles. The van der Waals surface area contributed by atoms with Crippen LogP contribution in [0.1, 0.15) is 18.1 Å². The lowest BCUT2D eigenvalue weighted by atomic mass is 10.1. The quantitative estimate of drug-likeness (QED) is 0.157. The van der Waals surface area contributed by atoms with Gasteiger partial charge in [0, 0.05) is 16.8 Å². The zero-order valence-corrected chi connectivity index (χ0v) is 22.6. The van der Waals surface area contributed by atoms with E-state index >= 15 is 0 Å². The predicted octanol–water partition coefficient (Wildman–Crippen LogP) is 7.07. The second kappa shape index (κ2) is 12.3. The Labute approximate surface area is 225 Å². The van der Waals surface area contributed by atoms with Crippen molar-refractivity contribution in [1.82, 2.24) is 0 Å². The van der Waals surface area contributed by atoms with Crippen LogP contribution in [0.3, 0.4) is 0 Å². The molecule has 8 heteroatoms. The summed E-state index contributed by atoms with van der Waals surface area (Å²) in [4.78, 5) is 12.7. The summed E-state index contributed by atoms with van der Waals surface area (Å²) >= 11 is 10.3. The van der Waals surface area contributed by atoms with Crippen LogP contribution in [0.5, 0.6) is 11.5 Å². The van der Waals surface area contributed by atoms with E-state index in [1.165, 1.54) is 0 Å². The molecule has 33 heavy (non-hydrogen) atoms. The van der Waals surface area contributed by atoms with Crippen LogP contribution in [0.15, 0.2) is 66.2 Å². The fourth-order valence-corrected chi connectivity index (χ4v) is 5.13. The molecule has 0 atom stereocenters. The number of hydrogen-bond donors (Lipinski definition) is 1. The molecule has 168 valence electrons. The van der Waals surface area contributed by atoms with Crippen LogP contribution in [-0.2, 0) is 11.4 Å². The van der Waals surface area contributed by atoms with Gasteiger partial charge in [-0.15, -0.1) is 0 Å². The summed E-state index contributed by atoms with van der Waals surface area (Å²) < 4.78 is 13.2. The van der Waals surface area contributed by atoms with E-state index in [0.29, 0.717) is 29.7 Å². The number of nitrogens with zero attached hydrogens (tertiary/aromatic N) is 1. The summed E-state index contributed by atoms with van der Waals surface area (Å²) in [5.74, 6) is 0.911. The molecule has 0 spiro atoms. The Morgan fingerprint density at radius 1 is 1.09 bits per heavy atom. The molecule has 5 nitrogen and oxygen atoms in total. The molecule has 1 amide bonds. The third-order valence-corrected chi connectivity index (χ3v) is 6.25.